The lowest BCUT2D eigenvalue weighted by atomic mass is 10.1. The summed E-state index contributed by atoms with van der Waals surface area (Å²) in [5.41, 5.74) is 3.07. The highest BCUT2D eigenvalue weighted by Gasteiger charge is 2.16. The lowest BCUT2D eigenvalue weighted by molar-refractivity contribution is -0.115. The summed E-state index contributed by atoms with van der Waals surface area (Å²) in [4.78, 5) is 19.8. The van der Waals surface area contributed by atoms with Gasteiger partial charge in [-0.1, -0.05) is 18.2 Å². The van der Waals surface area contributed by atoms with Gasteiger partial charge in [0.15, 0.2) is 0 Å². The van der Waals surface area contributed by atoms with Crippen molar-refractivity contribution in [2.45, 2.75) is 11.3 Å². The highest BCUT2D eigenvalue weighted by atomic mass is 32.2. The molecule has 1 amide bonds. The standard InChI is InChI=1S/C22H17N5O3S/c23-12-14-5-6-19-18(9-14)16(13-26-19)11-22(28)27-21-10-15(7-8-25-21)17-3-1-2-4-20(17)31(24,29)30/h1-10,13,26H,11H2,(H2,24,29,30)(H,25,27,28). The van der Waals surface area contributed by atoms with E-state index in [9.17, 15) is 13.2 Å². The van der Waals surface area contributed by atoms with Gasteiger partial charge in [0.2, 0.25) is 15.9 Å². The van der Waals surface area contributed by atoms with Crippen molar-refractivity contribution in [3.8, 4) is 17.2 Å². The van der Waals surface area contributed by atoms with Gasteiger partial charge < -0.3 is 10.3 Å². The quantitative estimate of drug-likeness (QED) is 0.445. The van der Waals surface area contributed by atoms with E-state index in [-0.39, 0.29) is 23.0 Å². The SMILES string of the molecule is N#Cc1ccc2[nH]cc(CC(=O)Nc3cc(-c4ccccc4S(N)(=O)=O)ccn3)c2c1. The van der Waals surface area contributed by atoms with Crippen LogP contribution >= 0.6 is 0 Å². The highest BCUT2D eigenvalue weighted by molar-refractivity contribution is 7.89. The molecule has 2 aromatic carbocycles. The van der Waals surface area contributed by atoms with E-state index in [2.05, 4.69) is 21.4 Å². The Bertz CT molecular complexity index is 1450. The lowest BCUT2D eigenvalue weighted by Gasteiger charge is -2.10. The number of fused-ring (bicyclic) bond motifs is 1. The summed E-state index contributed by atoms with van der Waals surface area (Å²) in [5.74, 6) is -0.0167. The van der Waals surface area contributed by atoms with Gasteiger partial charge in [-0.15, -0.1) is 0 Å². The molecule has 0 aliphatic rings. The number of benzene rings is 2. The van der Waals surface area contributed by atoms with Crippen molar-refractivity contribution in [2.24, 2.45) is 5.14 Å². The average Bonchev–Trinajstić information content (AvgIpc) is 3.15. The van der Waals surface area contributed by atoms with Crippen LogP contribution in [0.25, 0.3) is 22.0 Å². The number of carbonyl (C=O) groups is 1. The summed E-state index contributed by atoms with van der Waals surface area (Å²) in [5, 5.41) is 18.0. The van der Waals surface area contributed by atoms with E-state index in [4.69, 9.17) is 10.4 Å². The second-order valence-corrected chi connectivity index (χ2v) is 8.41. The number of aromatic amines is 1. The van der Waals surface area contributed by atoms with Crippen LogP contribution in [0, 0.1) is 11.3 Å². The van der Waals surface area contributed by atoms with E-state index < -0.39 is 10.0 Å². The van der Waals surface area contributed by atoms with Crippen LogP contribution in [0.15, 0.2) is 71.9 Å². The molecule has 0 bridgehead atoms. The number of nitriles is 1. The van der Waals surface area contributed by atoms with Crippen molar-refractivity contribution in [1.29, 1.82) is 5.26 Å². The molecule has 0 fully saturated rings. The zero-order chi connectivity index (χ0) is 22.0. The maximum atomic E-state index is 12.6. The zero-order valence-electron chi connectivity index (χ0n) is 16.2. The fourth-order valence-corrected chi connectivity index (χ4v) is 4.13. The largest absolute Gasteiger partial charge is 0.361 e. The summed E-state index contributed by atoms with van der Waals surface area (Å²) in [6.07, 6.45) is 3.29. The van der Waals surface area contributed by atoms with Gasteiger partial charge in [0.25, 0.3) is 0 Å². The Hall–Kier alpha value is -4.00. The number of anilines is 1. The first kappa shape index (κ1) is 20.3. The number of nitrogens with two attached hydrogens (primary N) is 1. The Morgan fingerprint density at radius 2 is 1.97 bits per heavy atom. The number of carbonyl (C=O) groups excluding carboxylic acids is 1. The van der Waals surface area contributed by atoms with Crippen LogP contribution in [0.4, 0.5) is 5.82 Å². The van der Waals surface area contributed by atoms with E-state index in [1.54, 1.807) is 54.7 Å². The van der Waals surface area contributed by atoms with Gasteiger partial charge >= 0.3 is 0 Å². The number of H-pyrrole nitrogens is 1. The van der Waals surface area contributed by atoms with Crippen molar-refractivity contribution < 1.29 is 13.2 Å². The van der Waals surface area contributed by atoms with Gasteiger partial charge in [0, 0.05) is 28.9 Å². The van der Waals surface area contributed by atoms with Crippen LogP contribution in [0.1, 0.15) is 11.1 Å². The zero-order valence-corrected chi connectivity index (χ0v) is 17.0. The van der Waals surface area contributed by atoms with Crippen molar-refractivity contribution >= 4 is 32.7 Å². The minimum absolute atomic E-state index is 0.00874. The number of nitrogens with one attached hydrogen (secondary N) is 2. The van der Waals surface area contributed by atoms with Crippen LogP contribution in [-0.4, -0.2) is 24.3 Å². The number of amides is 1. The lowest BCUT2D eigenvalue weighted by Crippen LogP contribution is -2.15. The van der Waals surface area contributed by atoms with Crippen molar-refractivity contribution in [3.05, 3.63) is 78.1 Å². The molecule has 31 heavy (non-hydrogen) atoms. The third kappa shape index (κ3) is 4.30. The van der Waals surface area contributed by atoms with Gasteiger partial charge in [-0.05, 0) is 47.5 Å². The fraction of sp³-hybridized carbons (Fsp3) is 0.0455. The van der Waals surface area contributed by atoms with Crippen LogP contribution in [0.3, 0.4) is 0 Å². The molecule has 4 N–H and O–H groups in total. The maximum Gasteiger partial charge on any atom is 0.238 e. The van der Waals surface area contributed by atoms with Gasteiger partial charge in [0.1, 0.15) is 5.82 Å². The topological polar surface area (TPSA) is 142 Å². The van der Waals surface area contributed by atoms with Gasteiger partial charge in [-0.2, -0.15) is 5.26 Å². The number of aromatic nitrogens is 2. The molecule has 4 aromatic rings. The van der Waals surface area contributed by atoms with Crippen LogP contribution in [0.2, 0.25) is 0 Å². The summed E-state index contributed by atoms with van der Waals surface area (Å²) in [6, 6.07) is 16.9. The Morgan fingerprint density at radius 1 is 1.16 bits per heavy atom. The number of hydrogen-bond acceptors (Lipinski definition) is 5. The smallest absolute Gasteiger partial charge is 0.238 e. The van der Waals surface area contributed by atoms with E-state index in [1.807, 2.05) is 0 Å². The number of sulfonamides is 1. The molecule has 4 rings (SSSR count). The minimum atomic E-state index is -3.91. The molecule has 0 saturated heterocycles. The van der Waals surface area contributed by atoms with Crippen LogP contribution in [0.5, 0.6) is 0 Å². The molecule has 154 valence electrons. The van der Waals surface area contributed by atoms with Crippen molar-refractivity contribution in [2.75, 3.05) is 5.32 Å². The molecule has 0 saturated carbocycles. The van der Waals surface area contributed by atoms with Crippen molar-refractivity contribution in [3.63, 3.8) is 0 Å². The third-order valence-corrected chi connectivity index (χ3v) is 5.75. The van der Waals surface area contributed by atoms with Gasteiger partial charge in [-0.25, -0.2) is 18.5 Å². The normalized spacial score (nSPS) is 11.2. The number of rotatable bonds is 5. The predicted octanol–water partition coefficient (Wildman–Crippen LogP) is 2.93. The molecular formula is C22H17N5O3S. The first-order valence-corrected chi connectivity index (χ1v) is 10.8. The molecule has 0 aliphatic carbocycles. The second-order valence-electron chi connectivity index (χ2n) is 6.88. The summed E-state index contributed by atoms with van der Waals surface area (Å²) in [6.45, 7) is 0. The first-order chi connectivity index (χ1) is 14.8. The molecule has 8 nitrogen and oxygen atoms in total. The number of pyridine rings is 1. The number of primary sulfonamides is 1. The third-order valence-electron chi connectivity index (χ3n) is 4.78. The van der Waals surface area contributed by atoms with Crippen molar-refractivity contribution in [1.82, 2.24) is 9.97 Å². The average molecular weight is 431 g/mol. The molecule has 0 atom stereocenters. The van der Waals surface area contributed by atoms with Crippen LogP contribution in [-0.2, 0) is 21.2 Å². The number of hydrogen-bond donors (Lipinski definition) is 3. The molecule has 0 spiro atoms. The fourth-order valence-electron chi connectivity index (χ4n) is 3.37. The molecule has 9 heteroatoms. The molecule has 0 radical (unpaired) electrons. The Morgan fingerprint density at radius 3 is 2.74 bits per heavy atom. The Labute approximate surface area is 178 Å². The second kappa shape index (κ2) is 8.02. The van der Waals surface area contributed by atoms with E-state index in [0.717, 1.165) is 16.5 Å². The molecule has 0 aliphatic heterocycles. The summed E-state index contributed by atoms with van der Waals surface area (Å²) >= 11 is 0. The summed E-state index contributed by atoms with van der Waals surface area (Å²) in [7, 11) is -3.91. The predicted molar refractivity (Wildman–Crippen MR) is 116 cm³/mol. The van der Waals surface area contributed by atoms with E-state index >= 15 is 0 Å². The Kier molecular flexibility index (Phi) is 5.25. The molecule has 2 aromatic heterocycles. The molecule has 0 unspecified atom stereocenters. The van der Waals surface area contributed by atoms with Gasteiger partial charge in [0.05, 0.1) is 22.9 Å². The van der Waals surface area contributed by atoms with Crippen LogP contribution < -0.4 is 10.5 Å². The Balaban J connectivity index is 1.58. The van der Waals surface area contributed by atoms with Gasteiger partial charge in [-0.3, -0.25) is 4.79 Å². The number of nitrogens with zero attached hydrogens (tertiary/aromatic N) is 2. The molecular weight excluding hydrogens is 414 g/mol. The van der Waals surface area contributed by atoms with E-state index in [1.165, 1.54) is 12.3 Å². The highest BCUT2D eigenvalue weighted by Crippen LogP contribution is 2.28. The monoisotopic (exact) mass is 431 g/mol. The first-order valence-electron chi connectivity index (χ1n) is 9.23. The van der Waals surface area contributed by atoms with E-state index in [0.29, 0.717) is 16.7 Å². The summed E-state index contributed by atoms with van der Waals surface area (Å²) < 4.78 is 23.8. The maximum absolute atomic E-state index is 12.6. The molecule has 2 heterocycles. The minimum Gasteiger partial charge on any atom is -0.361 e.